The van der Waals surface area contributed by atoms with Crippen LogP contribution in [0.3, 0.4) is 0 Å². The number of unbranched alkanes of at least 4 members (excludes halogenated alkanes) is 3. The second-order valence-corrected chi connectivity index (χ2v) is 17.0. The van der Waals surface area contributed by atoms with E-state index in [0.717, 1.165) is 48.8 Å². The molecule has 12 nitrogen and oxygen atoms in total. The van der Waals surface area contributed by atoms with Gasteiger partial charge in [0.05, 0.1) is 11.7 Å². The van der Waals surface area contributed by atoms with Crippen molar-refractivity contribution in [1.82, 2.24) is 20.9 Å². The van der Waals surface area contributed by atoms with E-state index in [2.05, 4.69) is 47.1 Å². The smallest absolute Gasteiger partial charge is 0.407 e. The van der Waals surface area contributed by atoms with Crippen LogP contribution < -0.4 is 16.0 Å². The number of hydrogen-bond donors (Lipinski definition) is 4. The number of carbonyl (C=O) groups excluding carboxylic acids is 4. The summed E-state index contributed by atoms with van der Waals surface area (Å²) < 4.78 is 11.5. The Hall–Kier alpha value is -4.45. The van der Waals surface area contributed by atoms with Crippen molar-refractivity contribution in [2.45, 2.75) is 163 Å². The van der Waals surface area contributed by atoms with Crippen molar-refractivity contribution >= 4 is 29.8 Å². The number of alkyl carbamates (subject to hydrolysis) is 1. The Morgan fingerprint density at radius 2 is 1.33 bits per heavy atom. The van der Waals surface area contributed by atoms with Gasteiger partial charge in [0, 0.05) is 32.0 Å². The molecule has 0 aromatic heterocycles. The highest BCUT2D eigenvalue weighted by atomic mass is 16.6. The van der Waals surface area contributed by atoms with Crippen molar-refractivity contribution in [3.05, 3.63) is 59.7 Å². The molecule has 318 valence electrons. The van der Waals surface area contributed by atoms with E-state index in [9.17, 15) is 29.1 Å². The Kier molecular flexibility index (Phi) is 20.2. The number of carboxylic acids is 1. The van der Waals surface area contributed by atoms with Crippen LogP contribution in [0, 0.1) is 5.92 Å². The number of carboxylic acid groups (broad SMARTS) is 1. The molecule has 2 aromatic rings. The lowest BCUT2D eigenvalue weighted by Gasteiger charge is -2.33. The number of amides is 4. The monoisotopic (exact) mass is 795 g/mol. The molecular formula is C45H70N4O8. The number of aryl methyl sites for hydroxylation is 1. The molecule has 0 heterocycles. The number of rotatable bonds is 23. The number of hydrogen-bond acceptors (Lipinski definition) is 7. The Morgan fingerprint density at radius 3 is 1.86 bits per heavy atom. The van der Waals surface area contributed by atoms with Crippen LogP contribution in [-0.4, -0.2) is 82.3 Å². The first kappa shape index (κ1) is 48.7. The van der Waals surface area contributed by atoms with E-state index in [-0.39, 0.29) is 26.1 Å². The Bertz CT molecular complexity index is 1560. The summed E-state index contributed by atoms with van der Waals surface area (Å²) >= 11 is 0. The van der Waals surface area contributed by atoms with Gasteiger partial charge in [0.25, 0.3) is 0 Å². The van der Waals surface area contributed by atoms with E-state index in [1.54, 1.807) is 39.5 Å². The molecule has 2 rings (SSSR count). The van der Waals surface area contributed by atoms with Crippen molar-refractivity contribution in [3.8, 4) is 11.1 Å². The van der Waals surface area contributed by atoms with Gasteiger partial charge in [0.1, 0.15) is 17.7 Å². The molecule has 0 radical (unpaired) electrons. The molecule has 0 spiro atoms. The van der Waals surface area contributed by atoms with Gasteiger partial charge in [-0.15, -0.1) is 0 Å². The quantitative estimate of drug-likeness (QED) is 0.0815. The second-order valence-electron chi connectivity index (χ2n) is 17.0. The zero-order valence-corrected chi connectivity index (χ0v) is 36.2. The van der Waals surface area contributed by atoms with Crippen LogP contribution in [0.2, 0.25) is 0 Å². The highest BCUT2D eigenvalue weighted by molar-refractivity contribution is 5.93. The van der Waals surface area contributed by atoms with E-state index < -0.39 is 65.1 Å². The molecule has 0 aliphatic heterocycles. The minimum atomic E-state index is -1.12. The van der Waals surface area contributed by atoms with E-state index in [0.29, 0.717) is 19.3 Å². The third-order valence-corrected chi connectivity index (χ3v) is 9.29. The fourth-order valence-corrected chi connectivity index (χ4v) is 6.30. The number of nitrogens with one attached hydrogen (secondary N) is 3. The van der Waals surface area contributed by atoms with Crippen molar-refractivity contribution in [2.75, 3.05) is 13.1 Å². The summed E-state index contributed by atoms with van der Waals surface area (Å²) in [4.78, 5) is 67.0. The van der Waals surface area contributed by atoms with Crippen LogP contribution in [0.1, 0.15) is 132 Å². The summed E-state index contributed by atoms with van der Waals surface area (Å²) in [6.07, 6.45) is 4.90. The van der Waals surface area contributed by atoms with E-state index in [1.165, 1.54) is 5.56 Å². The number of urea groups is 1. The fourth-order valence-electron chi connectivity index (χ4n) is 6.30. The van der Waals surface area contributed by atoms with E-state index in [1.807, 2.05) is 52.0 Å². The summed E-state index contributed by atoms with van der Waals surface area (Å²) in [7, 11) is 0. The Balaban J connectivity index is 2.30. The first-order valence-corrected chi connectivity index (χ1v) is 20.7. The van der Waals surface area contributed by atoms with Crippen LogP contribution in [-0.2, 0) is 36.8 Å². The first-order valence-electron chi connectivity index (χ1n) is 20.7. The van der Waals surface area contributed by atoms with E-state index in [4.69, 9.17) is 9.47 Å². The van der Waals surface area contributed by atoms with Gasteiger partial charge in [-0.05, 0) is 96.4 Å². The number of ether oxygens (including phenoxy) is 2. The first-order chi connectivity index (χ1) is 26.7. The largest absolute Gasteiger partial charge is 0.480 e. The molecule has 4 amide bonds. The topological polar surface area (TPSA) is 163 Å². The molecule has 4 atom stereocenters. The van der Waals surface area contributed by atoms with Crippen molar-refractivity contribution in [3.63, 3.8) is 0 Å². The molecule has 0 aliphatic rings. The molecule has 0 saturated heterocycles. The van der Waals surface area contributed by atoms with Gasteiger partial charge in [0.15, 0.2) is 5.78 Å². The predicted octanol–water partition coefficient (Wildman–Crippen LogP) is 8.44. The zero-order chi connectivity index (χ0) is 42.8. The van der Waals surface area contributed by atoms with Crippen molar-refractivity contribution < 1.29 is 38.6 Å². The molecule has 12 heteroatoms. The lowest BCUT2D eigenvalue weighted by atomic mass is 9.95. The number of benzene rings is 2. The highest BCUT2D eigenvalue weighted by Crippen LogP contribution is 2.23. The molecule has 0 fully saturated rings. The van der Waals surface area contributed by atoms with Gasteiger partial charge in [0.2, 0.25) is 5.91 Å². The molecule has 57 heavy (non-hydrogen) atoms. The minimum Gasteiger partial charge on any atom is -0.480 e. The molecule has 0 unspecified atom stereocenters. The number of nitrogens with zero attached hydrogens (tertiary/aromatic N) is 1. The summed E-state index contributed by atoms with van der Waals surface area (Å²) in [5.74, 6) is -2.94. The lowest BCUT2D eigenvalue weighted by Crippen LogP contribution is -2.54. The van der Waals surface area contributed by atoms with Gasteiger partial charge < -0.3 is 35.4 Å². The fraction of sp³-hybridized carbons (Fsp3) is 0.622. The second kappa shape index (κ2) is 23.7. The molecule has 0 bridgehead atoms. The van der Waals surface area contributed by atoms with Crippen molar-refractivity contribution in [1.29, 1.82) is 0 Å². The van der Waals surface area contributed by atoms with Crippen LogP contribution >= 0.6 is 0 Å². The molecule has 0 aliphatic carbocycles. The maximum Gasteiger partial charge on any atom is 0.407 e. The third-order valence-electron chi connectivity index (χ3n) is 9.29. The average Bonchev–Trinajstić information content (AvgIpc) is 3.12. The molecular weight excluding hydrogens is 725 g/mol. The maximum absolute atomic E-state index is 14.2. The zero-order valence-electron chi connectivity index (χ0n) is 36.2. The number of Topliss-reactive ketones (excluding diaryl/α,β-unsaturated/α-hetero) is 1. The number of ketones is 1. The number of aliphatic carboxylic acids is 1. The van der Waals surface area contributed by atoms with Gasteiger partial charge in [-0.2, -0.15) is 0 Å². The van der Waals surface area contributed by atoms with Crippen LogP contribution in [0.4, 0.5) is 9.59 Å². The van der Waals surface area contributed by atoms with Crippen molar-refractivity contribution in [2.24, 2.45) is 5.92 Å². The lowest BCUT2D eigenvalue weighted by molar-refractivity contribution is -0.142. The Morgan fingerprint density at radius 1 is 0.754 bits per heavy atom. The molecule has 4 N–H and O–H groups in total. The summed E-state index contributed by atoms with van der Waals surface area (Å²) in [6, 6.07) is 13.9. The van der Waals surface area contributed by atoms with Gasteiger partial charge in [-0.25, -0.2) is 14.4 Å². The van der Waals surface area contributed by atoms with Crippen LogP contribution in [0.25, 0.3) is 11.1 Å². The highest BCUT2D eigenvalue weighted by Gasteiger charge is 2.34. The standard InChI is InChI=1S/C45H70N4O8/c1-11-13-15-18-37(41(52)53)47-40(51)31(3)29-38(50)39(32(4)56-44(5,6)7)48-42(54)49(28-16-27-46-43(55)57-45(8,9)10)30-34-21-25-36(26-22-34)35-23-19-33(20-24-35)17-14-12-2/h19-26,31-32,37,39H,11-18,27-30H2,1-10H3,(H,46,55)(H,47,51)(H,48,54)(H,52,53)/t31-,32-,37+,39+/m1/s1. The summed E-state index contributed by atoms with van der Waals surface area (Å²) in [5.41, 5.74) is 3.01. The van der Waals surface area contributed by atoms with Gasteiger partial charge >= 0.3 is 18.1 Å². The summed E-state index contributed by atoms with van der Waals surface area (Å²) in [6.45, 7) is 19.1. The van der Waals surface area contributed by atoms with Crippen LogP contribution in [0.5, 0.6) is 0 Å². The normalized spacial score (nSPS) is 13.8. The van der Waals surface area contributed by atoms with Gasteiger partial charge in [-0.3, -0.25) is 9.59 Å². The minimum absolute atomic E-state index is 0.220. The predicted molar refractivity (Wildman–Crippen MR) is 225 cm³/mol. The number of carbonyl (C=O) groups is 5. The van der Waals surface area contributed by atoms with Crippen LogP contribution in [0.15, 0.2) is 48.5 Å². The summed E-state index contributed by atoms with van der Waals surface area (Å²) in [5, 5.41) is 17.9. The Labute approximate surface area is 341 Å². The molecule has 0 saturated carbocycles. The SMILES string of the molecule is CCCCC[C@H](NC(=O)[C@H](C)CC(=O)[C@@H](NC(=O)N(CCCNC(=O)OC(C)(C)C)Cc1ccc(-c2ccc(CCCC)cc2)cc1)[C@@H](C)OC(C)(C)C)C(=O)O. The third kappa shape index (κ3) is 19.0. The van der Waals surface area contributed by atoms with Gasteiger partial charge in [-0.1, -0.05) is 95.0 Å². The maximum atomic E-state index is 14.2. The average molecular weight is 795 g/mol. The van der Waals surface area contributed by atoms with E-state index >= 15 is 0 Å². The molecule has 2 aromatic carbocycles.